The van der Waals surface area contributed by atoms with E-state index in [0.29, 0.717) is 12.0 Å². The average Bonchev–Trinajstić information content (AvgIpc) is 3.01. The third-order valence-electron chi connectivity index (χ3n) is 3.13. The maximum Gasteiger partial charge on any atom is 0.123 e. The maximum absolute atomic E-state index is 13.4. The lowest BCUT2D eigenvalue weighted by molar-refractivity contribution is 0.478. The number of nitrogens with one attached hydrogen (secondary N) is 1. The molecule has 2 rings (SSSR count). The topological polar surface area (TPSA) is 12.0 Å². The zero-order valence-corrected chi connectivity index (χ0v) is 10.1. The van der Waals surface area contributed by atoms with Crippen molar-refractivity contribution < 1.29 is 4.39 Å². The minimum absolute atomic E-state index is 0.112. The normalized spacial score (nSPS) is 17.4. The number of rotatable bonds is 5. The van der Waals surface area contributed by atoms with Crippen LogP contribution in [0.2, 0.25) is 0 Å². The molecule has 0 spiro atoms. The van der Waals surface area contributed by atoms with E-state index in [9.17, 15) is 4.39 Å². The third-order valence-corrected chi connectivity index (χ3v) is 3.13. The summed E-state index contributed by atoms with van der Waals surface area (Å²) >= 11 is 0. The molecule has 2 heteroatoms. The fraction of sp³-hybridized carbons (Fsp3) is 0.571. The quantitative estimate of drug-likeness (QED) is 0.801. The highest BCUT2D eigenvalue weighted by Crippen LogP contribution is 2.41. The summed E-state index contributed by atoms with van der Waals surface area (Å²) in [4.78, 5) is 0. The third kappa shape index (κ3) is 2.82. The Morgan fingerprint density at radius 2 is 2.12 bits per heavy atom. The molecule has 88 valence electrons. The molecule has 1 aromatic rings. The smallest absolute Gasteiger partial charge is 0.123 e. The Balaban J connectivity index is 2.16. The molecule has 0 amide bonds. The first kappa shape index (κ1) is 11.6. The summed E-state index contributed by atoms with van der Waals surface area (Å²) in [6, 6.07) is 5.73. The van der Waals surface area contributed by atoms with Crippen molar-refractivity contribution in [3.05, 3.63) is 35.1 Å². The van der Waals surface area contributed by atoms with Gasteiger partial charge in [0.15, 0.2) is 0 Å². The van der Waals surface area contributed by atoms with Crippen molar-refractivity contribution in [3.8, 4) is 0 Å². The first-order chi connectivity index (χ1) is 7.70. The SMILES string of the molecule is CCCNC(c1cc(C)cc(F)c1)C1CC1. The number of aryl methyl sites for hydroxylation is 1. The van der Waals surface area contributed by atoms with E-state index in [1.54, 1.807) is 12.1 Å². The van der Waals surface area contributed by atoms with E-state index in [2.05, 4.69) is 18.3 Å². The van der Waals surface area contributed by atoms with Crippen molar-refractivity contribution in [1.82, 2.24) is 5.32 Å². The van der Waals surface area contributed by atoms with Crippen LogP contribution >= 0.6 is 0 Å². The summed E-state index contributed by atoms with van der Waals surface area (Å²) in [5, 5.41) is 3.54. The molecule has 1 N–H and O–H groups in total. The largest absolute Gasteiger partial charge is 0.310 e. The second-order valence-electron chi connectivity index (χ2n) is 4.83. The Morgan fingerprint density at radius 3 is 2.69 bits per heavy atom. The highest BCUT2D eigenvalue weighted by Gasteiger charge is 2.31. The van der Waals surface area contributed by atoms with E-state index in [0.717, 1.165) is 24.1 Å². The van der Waals surface area contributed by atoms with Crippen molar-refractivity contribution in [2.24, 2.45) is 5.92 Å². The Bertz CT molecular complexity index is 338. The van der Waals surface area contributed by atoms with Gasteiger partial charge >= 0.3 is 0 Å². The van der Waals surface area contributed by atoms with Crippen LogP contribution in [-0.2, 0) is 0 Å². The highest BCUT2D eigenvalue weighted by atomic mass is 19.1. The predicted octanol–water partition coefficient (Wildman–Crippen LogP) is 3.58. The van der Waals surface area contributed by atoms with E-state index in [-0.39, 0.29) is 5.82 Å². The summed E-state index contributed by atoms with van der Waals surface area (Å²) < 4.78 is 13.4. The summed E-state index contributed by atoms with van der Waals surface area (Å²) in [7, 11) is 0. The fourth-order valence-corrected chi connectivity index (χ4v) is 2.23. The minimum Gasteiger partial charge on any atom is -0.310 e. The molecule has 1 atom stereocenters. The van der Waals surface area contributed by atoms with E-state index in [1.807, 2.05) is 6.92 Å². The van der Waals surface area contributed by atoms with Crippen molar-refractivity contribution >= 4 is 0 Å². The first-order valence-electron chi connectivity index (χ1n) is 6.21. The van der Waals surface area contributed by atoms with Gasteiger partial charge in [-0.1, -0.05) is 13.0 Å². The lowest BCUT2D eigenvalue weighted by atomic mass is 10.00. The molecule has 0 aliphatic heterocycles. The highest BCUT2D eigenvalue weighted by molar-refractivity contribution is 5.27. The van der Waals surface area contributed by atoms with Crippen LogP contribution in [0.15, 0.2) is 18.2 Å². The Kier molecular flexibility index (Phi) is 3.59. The van der Waals surface area contributed by atoms with Gasteiger partial charge in [-0.15, -0.1) is 0 Å². The van der Waals surface area contributed by atoms with Gasteiger partial charge in [-0.25, -0.2) is 4.39 Å². The average molecular weight is 221 g/mol. The molecule has 0 radical (unpaired) electrons. The number of hydrogen-bond acceptors (Lipinski definition) is 1. The van der Waals surface area contributed by atoms with Crippen molar-refractivity contribution in [1.29, 1.82) is 0 Å². The second kappa shape index (κ2) is 4.96. The monoisotopic (exact) mass is 221 g/mol. The molecule has 1 aromatic carbocycles. The summed E-state index contributed by atoms with van der Waals surface area (Å²) in [6.45, 7) is 5.13. The molecule has 1 nitrogen and oxygen atoms in total. The van der Waals surface area contributed by atoms with E-state index in [4.69, 9.17) is 0 Å². The molecule has 1 saturated carbocycles. The Labute approximate surface area is 97.1 Å². The molecule has 16 heavy (non-hydrogen) atoms. The van der Waals surface area contributed by atoms with Gasteiger partial charge in [0, 0.05) is 6.04 Å². The molecular formula is C14H20FN. The molecule has 0 aromatic heterocycles. The fourth-order valence-electron chi connectivity index (χ4n) is 2.23. The van der Waals surface area contributed by atoms with Gasteiger partial charge in [0.2, 0.25) is 0 Å². The van der Waals surface area contributed by atoms with Gasteiger partial charge in [-0.2, -0.15) is 0 Å². The number of hydrogen-bond donors (Lipinski definition) is 1. The zero-order valence-electron chi connectivity index (χ0n) is 10.1. The van der Waals surface area contributed by atoms with Gasteiger partial charge < -0.3 is 5.32 Å². The van der Waals surface area contributed by atoms with Crippen LogP contribution < -0.4 is 5.32 Å². The zero-order chi connectivity index (χ0) is 11.5. The molecule has 1 aliphatic rings. The van der Waals surface area contributed by atoms with Crippen LogP contribution in [-0.4, -0.2) is 6.54 Å². The Hall–Kier alpha value is -0.890. The minimum atomic E-state index is -0.112. The molecule has 0 saturated heterocycles. The van der Waals surface area contributed by atoms with Gasteiger partial charge in [-0.3, -0.25) is 0 Å². The molecular weight excluding hydrogens is 201 g/mol. The van der Waals surface area contributed by atoms with Crippen LogP contribution in [0, 0.1) is 18.7 Å². The van der Waals surface area contributed by atoms with Crippen molar-refractivity contribution in [3.63, 3.8) is 0 Å². The number of halogens is 1. The van der Waals surface area contributed by atoms with Gasteiger partial charge in [0.25, 0.3) is 0 Å². The molecule has 1 fully saturated rings. The summed E-state index contributed by atoms with van der Waals surface area (Å²) in [6.07, 6.45) is 3.67. The summed E-state index contributed by atoms with van der Waals surface area (Å²) in [5.74, 6) is 0.603. The van der Waals surface area contributed by atoms with Crippen LogP contribution in [0.4, 0.5) is 4.39 Å². The maximum atomic E-state index is 13.4. The van der Waals surface area contributed by atoms with Crippen molar-refractivity contribution in [2.75, 3.05) is 6.54 Å². The van der Waals surface area contributed by atoms with Gasteiger partial charge in [0.1, 0.15) is 5.82 Å². The Morgan fingerprint density at radius 1 is 1.38 bits per heavy atom. The first-order valence-corrected chi connectivity index (χ1v) is 6.21. The van der Waals surface area contributed by atoms with E-state index >= 15 is 0 Å². The lowest BCUT2D eigenvalue weighted by Crippen LogP contribution is -2.24. The van der Waals surface area contributed by atoms with Crippen molar-refractivity contribution in [2.45, 2.75) is 39.2 Å². The molecule has 0 bridgehead atoms. The standard InChI is InChI=1S/C14H20FN/c1-3-6-16-14(11-4-5-11)12-7-10(2)8-13(15)9-12/h7-9,11,14,16H,3-6H2,1-2H3. The van der Waals surface area contributed by atoms with Gasteiger partial charge in [-0.05, 0) is 61.9 Å². The lowest BCUT2D eigenvalue weighted by Gasteiger charge is -2.19. The van der Waals surface area contributed by atoms with E-state index < -0.39 is 0 Å². The molecule has 1 unspecified atom stereocenters. The molecule has 1 aliphatic carbocycles. The predicted molar refractivity (Wildman–Crippen MR) is 64.9 cm³/mol. The van der Waals surface area contributed by atoms with Crippen LogP contribution in [0.5, 0.6) is 0 Å². The second-order valence-corrected chi connectivity index (χ2v) is 4.83. The van der Waals surface area contributed by atoms with E-state index in [1.165, 1.54) is 12.8 Å². The summed E-state index contributed by atoms with van der Waals surface area (Å²) in [5.41, 5.74) is 2.13. The molecule has 0 heterocycles. The number of benzene rings is 1. The van der Waals surface area contributed by atoms with Gasteiger partial charge in [0.05, 0.1) is 0 Å². The van der Waals surface area contributed by atoms with Crippen LogP contribution in [0.1, 0.15) is 43.4 Å². The van der Waals surface area contributed by atoms with Crippen LogP contribution in [0.3, 0.4) is 0 Å². The van der Waals surface area contributed by atoms with Crippen LogP contribution in [0.25, 0.3) is 0 Å².